The van der Waals surface area contributed by atoms with Crippen molar-refractivity contribution in [3.8, 4) is 5.75 Å². The minimum absolute atomic E-state index is 0.144. The van der Waals surface area contributed by atoms with Crippen molar-refractivity contribution in [3.63, 3.8) is 0 Å². The number of hydrogen-bond donors (Lipinski definition) is 1. The molecule has 0 fully saturated rings. The normalized spacial score (nSPS) is 11.9. The van der Waals surface area contributed by atoms with E-state index in [1.54, 1.807) is 6.07 Å². The van der Waals surface area contributed by atoms with Crippen LogP contribution in [0.5, 0.6) is 5.75 Å². The van der Waals surface area contributed by atoms with Crippen molar-refractivity contribution in [2.75, 3.05) is 7.11 Å². The largest absolute Gasteiger partial charge is 0.490 e. The number of rotatable bonds is 5. The van der Waals surface area contributed by atoms with Crippen LogP contribution in [-0.2, 0) is 0 Å². The van der Waals surface area contributed by atoms with Gasteiger partial charge in [-0.3, -0.25) is 10.1 Å². The summed E-state index contributed by atoms with van der Waals surface area (Å²) >= 11 is 0. The molecule has 0 heterocycles. The average molecular weight is 223 g/mol. The third-order valence-electron chi connectivity index (χ3n) is 2.18. The van der Waals surface area contributed by atoms with E-state index in [0.717, 1.165) is 0 Å². The summed E-state index contributed by atoms with van der Waals surface area (Å²) in [5.74, 6) is 0.144. The van der Waals surface area contributed by atoms with Gasteiger partial charge in [-0.15, -0.1) is 6.58 Å². The molecule has 86 valence electrons. The first kappa shape index (κ1) is 12.2. The van der Waals surface area contributed by atoms with Crippen LogP contribution in [0.2, 0.25) is 0 Å². The van der Waals surface area contributed by atoms with Gasteiger partial charge in [-0.25, -0.2) is 0 Å². The highest BCUT2D eigenvalue weighted by Crippen LogP contribution is 2.35. The van der Waals surface area contributed by atoms with E-state index in [1.165, 1.54) is 25.3 Å². The van der Waals surface area contributed by atoms with E-state index >= 15 is 0 Å². The number of nitrogens with zero attached hydrogens (tertiary/aromatic N) is 1. The lowest BCUT2D eigenvalue weighted by Gasteiger charge is -2.10. The third kappa shape index (κ3) is 2.38. The topological polar surface area (TPSA) is 72.6 Å². The molecular weight excluding hydrogens is 210 g/mol. The van der Waals surface area contributed by atoms with Crippen molar-refractivity contribution in [2.45, 2.75) is 12.5 Å². The summed E-state index contributed by atoms with van der Waals surface area (Å²) in [5.41, 5.74) is 0.0450. The number of hydrogen-bond acceptors (Lipinski definition) is 4. The molecule has 1 unspecified atom stereocenters. The van der Waals surface area contributed by atoms with Crippen LogP contribution in [0.1, 0.15) is 18.1 Å². The van der Waals surface area contributed by atoms with Crippen LogP contribution < -0.4 is 4.74 Å². The summed E-state index contributed by atoms with van der Waals surface area (Å²) in [6.45, 7) is 3.48. The Morgan fingerprint density at radius 2 is 2.38 bits per heavy atom. The third-order valence-corrected chi connectivity index (χ3v) is 2.18. The predicted octanol–water partition coefficient (Wildman–Crippen LogP) is 2.21. The second-order valence-electron chi connectivity index (χ2n) is 3.20. The van der Waals surface area contributed by atoms with Gasteiger partial charge >= 0.3 is 5.69 Å². The van der Waals surface area contributed by atoms with Crippen molar-refractivity contribution >= 4 is 5.69 Å². The van der Waals surface area contributed by atoms with Crippen molar-refractivity contribution in [2.24, 2.45) is 0 Å². The van der Waals surface area contributed by atoms with Gasteiger partial charge in [-0.2, -0.15) is 0 Å². The summed E-state index contributed by atoms with van der Waals surface area (Å²) in [6, 6.07) is 4.60. The van der Waals surface area contributed by atoms with E-state index in [-0.39, 0.29) is 23.4 Å². The van der Waals surface area contributed by atoms with Crippen LogP contribution in [-0.4, -0.2) is 17.1 Å². The number of ether oxygens (including phenoxy) is 1. The zero-order valence-electron chi connectivity index (χ0n) is 8.92. The first-order valence-corrected chi connectivity index (χ1v) is 4.72. The Bertz CT molecular complexity index is 403. The molecule has 0 spiro atoms. The highest BCUT2D eigenvalue weighted by Gasteiger charge is 2.24. The molecular formula is C11H13NO4. The maximum Gasteiger partial charge on any atom is 0.316 e. The molecule has 0 aliphatic heterocycles. The molecule has 0 radical (unpaired) electrons. The molecule has 5 heteroatoms. The van der Waals surface area contributed by atoms with E-state index in [9.17, 15) is 15.2 Å². The molecule has 1 atom stereocenters. The number of nitro groups is 1. The summed E-state index contributed by atoms with van der Waals surface area (Å²) in [7, 11) is 1.35. The number of nitro benzene ring substituents is 1. The van der Waals surface area contributed by atoms with Gasteiger partial charge < -0.3 is 9.84 Å². The minimum atomic E-state index is -0.937. The number of benzene rings is 1. The maximum atomic E-state index is 10.9. The van der Waals surface area contributed by atoms with Crippen LogP contribution in [0.4, 0.5) is 5.69 Å². The van der Waals surface area contributed by atoms with Crippen LogP contribution in [0, 0.1) is 10.1 Å². The minimum Gasteiger partial charge on any atom is -0.490 e. The second-order valence-corrected chi connectivity index (χ2v) is 3.20. The molecule has 16 heavy (non-hydrogen) atoms. The highest BCUT2D eigenvalue weighted by atomic mass is 16.6. The van der Waals surface area contributed by atoms with E-state index < -0.39 is 11.0 Å². The number of methoxy groups -OCH3 is 1. The van der Waals surface area contributed by atoms with Crippen LogP contribution in [0.15, 0.2) is 30.9 Å². The van der Waals surface area contributed by atoms with Crippen LogP contribution >= 0.6 is 0 Å². The summed E-state index contributed by atoms with van der Waals surface area (Å²) in [4.78, 5) is 10.3. The maximum absolute atomic E-state index is 10.9. The molecule has 0 aliphatic rings. The molecule has 1 N–H and O–H groups in total. The van der Waals surface area contributed by atoms with E-state index in [4.69, 9.17) is 4.74 Å². The number of aliphatic hydroxyl groups is 1. The molecule has 0 bridgehead atoms. The molecule has 0 saturated carbocycles. The molecule has 0 aromatic heterocycles. The van der Waals surface area contributed by atoms with Gasteiger partial charge in [-0.05, 0) is 18.6 Å². The fourth-order valence-corrected chi connectivity index (χ4v) is 1.45. The van der Waals surface area contributed by atoms with Crippen molar-refractivity contribution in [3.05, 3.63) is 46.5 Å². The smallest absolute Gasteiger partial charge is 0.316 e. The second kappa shape index (κ2) is 5.27. The first-order valence-electron chi connectivity index (χ1n) is 4.72. The lowest BCUT2D eigenvalue weighted by atomic mass is 10.0. The lowest BCUT2D eigenvalue weighted by Crippen LogP contribution is -2.03. The molecule has 0 aliphatic carbocycles. The Balaban J connectivity index is 3.26. The van der Waals surface area contributed by atoms with Gasteiger partial charge in [0.05, 0.1) is 23.7 Å². The predicted molar refractivity (Wildman–Crippen MR) is 59.4 cm³/mol. The summed E-state index contributed by atoms with van der Waals surface area (Å²) in [6.07, 6.45) is 0.829. The molecule has 5 nitrogen and oxygen atoms in total. The van der Waals surface area contributed by atoms with E-state index in [2.05, 4.69) is 6.58 Å². The molecule has 0 amide bonds. The Morgan fingerprint density at radius 1 is 1.69 bits per heavy atom. The monoisotopic (exact) mass is 223 g/mol. The van der Waals surface area contributed by atoms with Gasteiger partial charge in [0.1, 0.15) is 0 Å². The Hall–Kier alpha value is -1.88. The Labute approximate surface area is 93.1 Å². The molecule has 1 aromatic carbocycles. The standard InChI is InChI=1S/C11H13NO4/c1-3-5-9(13)8-6-4-7-10(16-2)11(8)12(14)15/h3-4,6-7,9,13H,1,5H2,2H3. The van der Waals surface area contributed by atoms with Crippen molar-refractivity contribution in [1.29, 1.82) is 0 Å². The highest BCUT2D eigenvalue weighted by molar-refractivity contribution is 5.53. The fourth-order valence-electron chi connectivity index (χ4n) is 1.45. The summed E-state index contributed by atoms with van der Waals surface area (Å²) in [5, 5.41) is 20.6. The van der Waals surface area contributed by atoms with E-state index in [1.807, 2.05) is 0 Å². The Kier molecular flexibility index (Phi) is 4.02. The van der Waals surface area contributed by atoms with Crippen molar-refractivity contribution in [1.82, 2.24) is 0 Å². The Morgan fingerprint density at radius 3 is 2.88 bits per heavy atom. The fraction of sp³-hybridized carbons (Fsp3) is 0.273. The lowest BCUT2D eigenvalue weighted by molar-refractivity contribution is -0.387. The summed E-state index contributed by atoms with van der Waals surface area (Å²) < 4.78 is 4.90. The van der Waals surface area contributed by atoms with Gasteiger partial charge in [0.25, 0.3) is 0 Å². The van der Waals surface area contributed by atoms with E-state index in [0.29, 0.717) is 0 Å². The van der Waals surface area contributed by atoms with Gasteiger partial charge in [0.2, 0.25) is 0 Å². The molecule has 0 saturated heterocycles. The zero-order valence-corrected chi connectivity index (χ0v) is 8.92. The zero-order chi connectivity index (χ0) is 12.1. The van der Waals surface area contributed by atoms with Gasteiger partial charge in [-0.1, -0.05) is 12.1 Å². The average Bonchev–Trinajstić information content (AvgIpc) is 2.28. The SMILES string of the molecule is C=CCC(O)c1cccc(OC)c1[N+](=O)[O-]. The van der Waals surface area contributed by atoms with Crippen molar-refractivity contribution < 1.29 is 14.8 Å². The first-order chi connectivity index (χ1) is 7.61. The van der Waals surface area contributed by atoms with Gasteiger partial charge in [0.15, 0.2) is 5.75 Å². The quantitative estimate of drug-likeness (QED) is 0.472. The van der Waals surface area contributed by atoms with Crippen LogP contribution in [0.3, 0.4) is 0 Å². The molecule has 1 aromatic rings. The van der Waals surface area contributed by atoms with Crippen LogP contribution in [0.25, 0.3) is 0 Å². The number of aliphatic hydroxyl groups excluding tert-OH is 1. The molecule has 1 rings (SSSR count). The number of para-hydroxylation sites is 1. The van der Waals surface area contributed by atoms with Gasteiger partial charge in [0, 0.05) is 0 Å².